The Morgan fingerprint density at radius 1 is 1.03 bits per heavy atom. The molecule has 0 spiro atoms. The number of Topliss-reactive ketones (excluding diaryl/α,β-unsaturated/α-hetero) is 1. The third kappa shape index (κ3) is 6.79. The van der Waals surface area contributed by atoms with E-state index in [1.54, 1.807) is 6.92 Å². The summed E-state index contributed by atoms with van der Waals surface area (Å²) in [4.78, 5) is 41.4. The molecular formula is C30H51NO7. The Labute approximate surface area is 228 Å². The molecule has 9 atom stereocenters. The summed E-state index contributed by atoms with van der Waals surface area (Å²) in [5.41, 5.74) is 0. The van der Waals surface area contributed by atoms with Crippen LogP contribution in [0.5, 0.6) is 0 Å². The number of rotatable bonds is 9. The number of carbonyl (C=O) groups excluding carboxylic acids is 3. The zero-order chi connectivity index (χ0) is 28.4. The fourth-order valence-corrected chi connectivity index (χ4v) is 6.68. The molecule has 218 valence electrons. The van der Waals surface area contributed by atoms with Crippen LogP contribution in [-0.4, -0.2) is 69.5 Å². The summed E-state index contributed by atoms with van der Waals surface area (Å²) in [5, 5.41) is 21.5. The Bertz CT molecular complexity index is 844. The average molecular weight is 538 g/mol. The Hall–Kier alpha value is -1.51. The molecule has 2 heterocycles. The molecule has 1 amide bonds. The first-order chi connectivity index (χ1) is 17.8. The standard InChI is InChI=1S/C30H51NO7/c1-17(2)25-13-11-21(7)30(36,38-25)27(33)28(34)31-14-8-9-23(31)29(35)37-26(18(3)4)20(6)15-22-12-10-19(5)24(32)16-22/h17-26,32,36H,8-16H2,1-7H3/t19-,20-,21-,22+,23+,24-,25?,26+,30-/m1/s1. The van der Waals surface area contributed by atoms with E-state index in [1.807, 2.05) is 27.7 Å². The quantitative estimate of drug-likeness (QED) is 0.336. The summed E-state index contributed by atoms with van der Waals surface area (Å²) < 4.78 is 11.9. The molecule has 38 heavy (non-hydrogen) atoms. The molecule has 3 fully saturated rings. The Morgan fingerprint density at radius 3 is 2.32 bits per heavy atom. The normalized spacial score (nSPS) is 35.8. The van der Waals surface area contributed by atoms with Crippen LogP contribution in [-0.2, 0) is 23.9 Å². The van der Waals surface area contributed by atoms with Gasteiger partial charge in [-0.1, -0.05) is 48.5 Å². The van der Waals surface area contributed by atoms with Crippen LogP contribution in [0.1, 0.15) is 99.8 Å². The van der Waals surface area contributed by atoms with Crippen LogP contribution in [0.4, 0.5) is 0 Å². The van der Waals surface area contributed by atoms with Gasteiger partial charge < -0.3 is 24.6 Å². The van der Waals surface area contributed by atoms with E-state index in [2.05, 4.69) is 13.8 Å². The van der Waals surface area contributed by atoms with Gasteiger partial charge in [0.1, 0.15) is 12.1 Å². The SMILES string of the molecule is CC(C)C1CC[C@@H](C)[C@](O)(C(=O)C(=O)N2CCC[C@H]2C(=O)O[C@@H](C(C)C)[C@H](C)C[C@@H]2CC[C@@H](C)[C@H](O)C2)O1. The van der Waals surface area contributed by atoms with Gasteiger partial charge in [-0.15, -0.1) is 0 Å². The van der Waals surface area contributed by atoms with Crippen molar-refractivity contribution in [2.75, 3.05) is 6.54 Å². The van der Waals surface area contributed by atoms with Crippen molar-refractivity contribution in [1.82, 2.24) is 4.90 Å². The number of likely N-dealkylation sites (tertiary alicyclic amines) is 1. The van der Waals surface area contributed by atoms with E-state index in [0.29, 0.717) is 31.1 Å². The summed E-state index contributed by atoms with van der Waals surface area (Å²) in [7, 11) is 0. The van der Waals surface area contributed by atoms with Crippen LogP contribution in [0.3, 0.4) is 0 Å². The number of amides is 1. The van der Waals surface area contributed by atoms with Crippen molar-refractivity contribution < 1.29 is 34.1 Å². The van der Waals surface area contributed by atoms with Crippen LogP contribution in [0.2, 0.25) is 0 Å². The van der Waals surface area contributed by atoms with Crippen molar-refractivity contribution in [3.8, 4) is 0 Å². The highest BCUT2D eigenvalue weighted by Crippen LogP contribution is 2.37. The van der Waals surface area contributed by atoms with Crippen LogP contribution >= 0.6 is 0 Å². The molecule has 0 bridgehead atoms. The molecule has 0 aromatic heterocycles. The third-order valence-electron chi connectivity index (χ3n) is 9.37. The molecule has 0 aromatic rings. The van der Waals surface area contributed by atoms with Crippen LogP contribution in [0, 0.1) is 35.5 Å². The third-order valence-corrected chi connectivity index (χ3v) is 9.37. The molecule has 3 rings (SSSR count). The highest BCUT2D eigenvalue weighted by molar-refractivity contribution is 6.39. The number of hydrogen-bond acceptors (Lipinski definition) is 7. The second kappa shape index (κ2) is 12.8. The molecule has 3 aliphatic rings. The molecule has 8 heteroatoms. The Morgan fingerprint density at radius 2 is 1.71 bits per heavy atom. The van der Waals surface area contributed by atoms with E-state index in [0.717, 1.165) is 32.1 Å². The molecule has 8 nitrogen and oxygen atoms in total. The van der Waals surface area contributed by atoms with Crippen molar-refractivity contribution in [2.45, 2.75) is 130 Å². The van der Waals surface area contributed by atoms with Gasteiger partial charge in [-0.25, -0.2) is 4.79 Å². The van der Waals surface area contributed by atoms with Crippen LogP contribution in [0.15, 0.2) is 0 Å². The summed E-state index contributed by atoms with van der Waals surface area (Å²) in [6.45, 7) is 14.1. The number of aliphatic hydroxyl groups is 2. The van der Waals surface area contributed by atoms with Gasteiger partial charge in [0.25, 0.3) is 11.7 Å². The zero-order valence-corrected chi connectivity index (χ0v) is 24.5. The molecular weight excluding hydrogens is 486 g/mol. The minimum Gasteiger partial charge on any atom is -0.460 e. The molecule has 2 N–H and O–H groups in total. The van der Waals surface area contributed by atoms with Crippen molar-refractivity contribution >= 4 is 17.7 Å². The monoisotopic (exact) mass is 537 g/mol. The van der Waals surface area contributed by atoms with Gasteiger partial charge in [-0.3, -0.25) is 9.59 Å². The molecule has 0 radical (unpaired) electrons. The van der Waals surface area contributed by atoms with Crippen LogP contribution < -0.4 is 0 Å². The highest BCUT2D eigenvalue weighted by atomic mass is 16.6. The van der Waals surface area contributed by atoms with Gasteiger partial charge in [0.05, 0.1) is 12.2 Å². The predicted molar refractivity (Wildman–Crippen MR) is 144 cm³/mol. The van der Waals surface area contributed by atoms with Gasteiger partial charge in [-0.05, 0) is 81.0 Å². The van der Waals surface area contributed by atoms with Crippen molar-refractivity contribution in [3.05, 3.63) is 0 Å². The average Bonchev–Trinajstić information content (AvgIpc) is 3.35. The molecule has 1 saturated carbocycles. The molecule has 1 unspecified atom stereocenters. The molecule has 2 saturated heterocycles. The van der Waals surface area contributed by atoms with Crippen LogP contribution in [0.25, 0.3) is 0 Å². The molecule has 2 aliphatic heterocycles. The number of esters is 1. The van der Waals surface area contributed by atoms with Gasteiger partial charge in [0, 0.05) is 12.5 Å². The number of nitrogens with zero attached hydrogens (tertiary/aromatic N) is 1. The summed E-state index contributed by atoms with van der Waals surface area (Å²) in [6, 6.07) is -0.847. The molecule has 1 aliphatic carbocycles. The maximum Gasteiger partial charge on any atom is 0.329 e. The summed E-state index contributed by atoms with van der Waals surface area (Å²) in [6.07, 6.45) is 5.10. The lowest BCUT2D eigenvalue weighted by atomic mass is 9.75. The smallest absolute Gasteiger partial charge is 0.329 e. The first-order valence-corrected chi connectivity index (χ1v) is 14.9. The van der Waals surface area contributed by atoms with Crippen molar-refractivity contribution in [3.63, 3.8) is 0 Å². The second-order valence-corrected chi connectivity index (χ2v) is 13.1. The minimum absolute atomic E-state index is 0.0822. The lowest BCUT2D eigenvalue weighted by Gasteiger charge is -2.42. The maximum absolute atomic E-state index is 13.4. The van der Waals surface area contributed by atoms with Crippen molar-refractivity contribution in [2.24, 2.45) is 35.5 Å². The number of hydrogen-bond donors (Lipinski definition) is 2. The van der Waals surface area contributed by atoms with E-state index in [4.69, 9.17) is 9.47 Å². The fourth-order valence-electron chi connectivity index (χ4n) is 6.68. The first kappa shape index (κ1) is 31.0. The van der Waals surface area contributed by atoms with Gasteiger partial charge in [0.2, 0.25) is 5.79 Å². The number of aliphatic hydroxyl groups excluding tert-OH is 1. The summed E-state index contributed by atoms with van der Waals surface area (Å²) >= 11 is 0. The van der Waals surface area contributed by atoms with E-state index >= 15 is 0 Å². The lowest BCUT2D eigenvalue weighted by Crippen LogP contribution is -2.59. The summed E-state index contributed by atoms with van der Waals surface area (Å²) in [5.74, 6) is -4.06. The number of ether oxygens (including phenoxy) is 2. The van der Waals surface area contributed by atoms with E-state index in [-0.39, 0.29) is 42.6 Å². The fraction of sp³-hybridized carbons (Fsp3) is 0.900. The minimum atomic E-state index is -2.18. The number of carbonyl (C=O) groups is 3. The topological polar surface area (TPSA) is 113 Å². The predicted octanol–water partition coefficient (Wildman–Crippen LogP) is 4.10. The Balaban J connectivity index is 1.66. The van der Waals surface area contributed by atoms with Gasteiger partial charge in [0.15, 0.2) is 0 Å². The van der Waals surface area contributed by atoms with Gasteiger partial charge in [-0.2, -0.15) is 0 Å². The first-order valence-electron chi connectivity index (χ1n) is 14.9. The Kier molecular flexibility index (Phi) is 10.4. The zero-order valence-electron chi connectivity index (χ0n) is 24.5. The maximum atomic E-state index is 13.4. The van der Waals surface area contributed by atoms with E-state index < -0.39 is 35.4 Å². The molecule has 0 aromatic carbocycles. The van der Waals surface area contributed by atoms with E-state index in [9.17, 15) is 24.6 Å². The largest absolute Gasteiger partial charge is 0.460 e. The number of ketones is 1. The second-order valence-electron chi connectivity index (χ2n) is 13.1. The van der Waals surface area contributed by atoms with Gasteiger partial charge >= 0.3 is 5.97 Å². The lowest BCUT2D eigenvalue weighted by molar-refractivity contribution is -0.269. The highest BCUT2D eigenvalue weighted by Gasteiger charge is 2.53. The van der Waals surface area contributed by atoms with Crippen molar-refractivity contribution in [1.29, 1.82) is 0 Å². The van der Waals surface area contributed by atoms with E-state index in [1.165, 1.54) is 4.90 Å².